The molecule has 0 saturated carbocycles. The molecule has 1 aliphatic heterocycles. The first-order chi connectivity index (χ1) is 8.65. The number of nitrogens with one attached hydrogen (secondary N) is 1. The smallest absolute Gasteiger partial charge is 0.107 e. The maximum Gasteiger partial charge on any atom is 0.107 e. The Hall–Kier alpha value is -0.450. The molecule has 0 spiro atoms. The minimum absolute atomic E-state index is 0.665. The molecule has 1 saturated heterocycles. The Morgan fingerprint density at radius 2 is 2.28 bits per heavy atom. The van der Waals surface area contributed by atoms with Crippen LogP contribution in [0.15, 0.2) is 6.20 Å². The van der Waals surface area contributed by atoms with Gasteiger partial charge in [-0.3, -0.25) is 0 Å². The van der Waals surface area contributed by atoms with Crippen molar-refractivity contribution in [3.05, 3.63) is 16.1 Å². The molecule has 1 aromatic heterocycles. The minimum atomic E-state index is 0.665. The summed E-state index contributed by atoms with van der Waals surface area (Å²) in [6.45, 7) is 10.1. The summed E-state index contributed by atoms with van der Waals surface area (Å²) in [5.74, 6) is 0. The van der Waals surface area contributed by atoms with E-state index in [1.807, 2.05) is 6.20 Å². The normalized spacial score (nSPS) is 22.3. The summed E-state index contributed by atoms with van der Waals surface area (Å²) in [7, 11) is 0. The Labute approximate surface area is 115 Å². The lowest BCUT2D eigenvalue weighted by Crippen LogP contribution is -2.33. The van der Waals surface area contributed by atoms with Gasteiger partial charge in [0.05, 0.1) is 0 Å². The predicted octanol–water partition coefficient (Wildman–Crippen LogP) is 2.80. The number of nitrogens with zero attached hydrogens (tertiary/aromatic N) is 2. The minimum Gasteiger partial charge on any atom is -0.308 e. The second-order valence-electron chi connectivity index (χ2n) is 5.50. The average Bonchev–Trinajstić information content (AvgIpc) is 2.62. The van der Waals surface area contributed by atoms with Crippen molar-refractivity contribution in [2.75, 3.05) is 13.1 Å². The Morgan fingerprint density at radius 3 is 2.94 bits per heavy atom. The van der Waals surface area contributed by atoms with Crippen LogP contribution in [0, 0.1) is 6.92 Å². The second kappa shape index (κ2) is 6.64. The maximum atomic E-state index is 4.41. The molecular formula is C14H25N3S. The van der Waals surface area contributed by atoms with E-state index in [0.29, 0.717) is 12.1 Å². The lowest BCUT2D eigenvalue weighted by Gasteiger charge is -2.24. The first-order valence-corrected chi connectivity index (χ1v) is 7.85. The van der Waals surface area contributed by atoms with Crippen LogP contribution in [0.3, 0.4) is 0 Å². The van der Waals surface area contributed by atoms with Gasteiger partial charge in [0.15, 0.2) is 0 Å². The van der Waals surface area contributed by atoms with E-state index >= 15 is 0 Å². The summed E-state index contributed by atoms with van der Waals surface area (Å²) in [6.07, 6.45) is 5.85. The van der Waals surface area contributed by atoms with E-state index in [9.17, 15) is 0 Å². The zero-order chi connectivity index (χ0) is 13.0. The van der Waals surface area contributed by atoms with Crippen molar-refractivity contribution >= 4 is 11.3 Å². The quantitative estimate of drug-likeness (QED) is 0.909. The highest BCUT2D eigenvalue weighted by Crippen LogP contribution is 2.15. The standard InChI is InChI=1S/C14H25N3S/c1-11(2)17-7-4-5-13(6-8-17)15-10-14-16-9-12(3)18-14/h9,11,13,15H,4-8,10H2,1-3H3. The highest BCUT2D eigenvalue weighted by molar-refractivity contribution is 7.11. The van der Waals surface area contributed by atoms with Crippen molar-refractivity contribution in [1.29, 1.82) is 0 Å². The molecule has 3 nitrogen and oxygen atoms in total. The van der Waals surface area contributed by atoms with Gasteiger partial charge in [0.1, 0.15) is 5.01 Å². The first-order valence-electron chi connectivity index (χ1n) is 7.04. The first kappa shape index (κ1) is 14.0. The molecule has 102 valence electrons. The molecule has 1 aromatic rings. The molecule has 0 aliphatic carbocycles. The summed E-state index contributed by atoms with van der Waals surface area (Å²) < 4.78 is 0. The Balaban J connectivity index is 1.77. The van der Waals surface area contributed by atoms with Crippen LogP contribution < -0.4 is 5.32 Å². The number of thiazole rings is 1. The summed E-state index contributed by atoms with van der Waals surface area (Å²) in [4.78, 5) is 8.31. The van der Waals surface area contributed by atoms with Crippen LogP contribution in [0.25, 0.3) is 0 Å². The van der Waals surface area contributed by atoms with Crippen LogP contribution in [0.4, 0.5) is 0 Å². The van der Waals surface area contributed by atoms with Crippen LogP contribution in [0.5, 0.6) is 0 Å². The van der Waals surface area contributed by atoms with E-state index in [2.05, 4.69) is 36.0 Å². The molecule has 0 aromatic carbocycles. The second-order valence-corrected chi connectivity index (χ2v) is 6.82. The summed E-state index contributed by atoms with van der Waals surface area (Å²) in [6, 6.07) is 1.35. The van der Waals surface area contributed by atoms with Gasteiger partial charge in [-0.1, -0.05) is 0 Å². The Morgan fingerprint density at radius 1 is 1.44 bits per heavy atom. The van der Waals surface area contributed by atoms with Crippen LogP contribution in [0.2, 0.25) is 0 Å². The fraction of sp³-hybridized carbons (Fsp3) is 0.786. The molecule has 18 heavy (non-hydrogen) atoms. The van der Waals surface area contributed by atoms with Crippen LogP contribution in [-0.4, -0.2) is 35.1 Å². The van der Waals surface area contributed by atoms with Crippen molar-refractivity contribution in [1.82, 2.24) is 15.2 Å². The summed E-state index contributed by atoms with van der Waals surface area (Å²) in [5.41, 5.74) is 0. The van der Waals surface area contributed by atoms with Gasteiger partial charge in [0.25, 0.3) is 0 Å². The van der Waals surface area contributed by atoms with Crippen molar-refractivity contribution < 1.29 is 0 Å². The molecule has 2 rings (SSSR count). The fourth-order valence-electron chi connectivity index (χ4n) is 2.55. The molecule has 1 atom stereocenters. The van der Waals surface area contributed by atoms with Crippen LogP contribution >= 0.6 is 11.3 Å². The van der Waals surface area contributed by atoms with E-state index in [0.717, 1.165) is 6.54 Å². The summed E-state index contributed by atoms with van der Waals surface area (Å²) in [5, 5.41) is 4.89. The summed E-state index contributed by atoms with van der Waals surface area (Å²) >= 11 is 1.80. The lowest BCUT2D eigenvalue weighted by atomic mass is 10.1. The van der Waals surface area contributed by atoms with Gasteiger partial charge >= 0.3 is 0 Å². The molecule has 2 heterocycles. The van der Waals surface area contributed by atoms with E-state index < -0.39 is 0 Å². The molecule has 4 heteroatoms. The SMILES string of the molecule is Cc1cnc(CNC2CCCN(C(C)C)CC2)s1. The zero-order valence-electron chi connectivity index (χ0n) is 11.8. The van der Waals surface area contributed by atoms with E-state index in [1.54, 1.807) is 11.3 Å². The van der Waals surface area contributed by atoms with Gasteiger partial charge in [-0.2, -0.15) is 0 Å². The maximum absolute atomic E-state index is 4.41. The van der Waals surface area contributed by atoms with Crippen molar-refractivity contribution in [3.63, 3.8) is 0 Å². The number of likely N-dealkylation sites (tertiary alicyclic amines) is 1. The largest absolute Gasteiger partial charge is 0.308 e. The van der Waals surface area contributed by atoms with Crippen molar-refractivity contribution in [2.45, 2.75) is 58.7 Å². The number of aryl methyl sites for hydroxylation is 1. The average molecular weight is 267 g/mol. The molecule has 0 radical (unpaired) electrons. The monoisotopic (exact) mass is 267 g/mol. The topological polar surface area (TPSA) is 28.2 Å². The van der Waals surface area contributed by atoms with Crippen molar-refractivity contribution in [2.24, 2.45) is 0 Å². The van der Waals surface area contributed by atoms with E-state index in [1.165, 1.54) is 42.2 Å². The number of rotatable bonds is 4. The lowest BCUT2D eigenvalue weighted by molar-refractivity contribution is 0.229. The van der Waals surface area contributed by atoms with Gasteiger partial charge in [0.2, 0.25) is 0 Å². The zero-order valence-corrected chi connectivity index (χ0v) is 12.6. The Bertz CT molecular complexity index is 362. The third-order valence-electron chi connectivity index (χ3n) is 3.70. The highest BCUT2D eigenvalue weighted by atomic mass is 32.1. The Kier molecular flexibility index (Phi) is 5.15. The molecule has 1 unspecified atom stereocenters. The molecule has 1 fully saturated rings. The highest BCUT2D eigenvalue weighted by Gasteiger charge is 2.18. The molecular weight excluding hydrogens is 242 g/mol. The van der Waals surface area contributed by atoms with Gasteiger partial charge < -0.3 is 10.2 Å². The van der Waals surface area contributed by atoms with Crippen LogP contribution in [0.1, 0.15) is 43.0 Å². The van der Waals surface area contributed by atoms with Crippen molar-refractivity contribution in [3.8, 4) is 0 Å². The predicted molar refractivity (Wildman–Crippen MR) is 78.0 cm³/mol. The third-order valence-corrected chi connectivity index (χ3v) is 4.62. The fourth-order valence-corrected chi connectivity index (χ4v) is 3.29. The van der Waals surface area contributed by atoms with E-state index in [4.69, 9.17) is 0 Å². The molecule has 0 amide bonds. The number of aromatic nitrogens is 1. The molecule has 1 aliphatic rings. The van der Waals surface area contributed by atoms with Gasteiger partial charge in [0, 0.05) is 29.7 Å². The third kappa shape index (κ3) is 4.04. The molecule has 0 bridgehead atoms. The van der Waals surface area contributed by atoms with Gasteiger partial charge in [-0.15, -0.1) is 11.3 Å². The number of hydrogen-bond acceptors (Lipinski definition) is 4. The van der Waals surface area contributed by atoms with Crippen LogP contribution in [-0.2, 0) is 6.54 Å². The van der Waals surface area contributed by atoms with Gasteiger partial charge in [-0.25, -0.2) is 4.98 Å². The van der Waals surface area contributed by atoms with Gasteiger partial charge in [-0.05, 0) is 53.1 Å². The number of hydrogen-bond donors (Lipinski definition) is 1. The molecule has 1 N–H and O–H groups in total. The van der Waals surface area contributed by atoms with E-state index in [-0.39, 0.29) is 0 Å².